The number of carbonyl (C=O) groups is 2. The van der Waals surface area contributed by atoms with Gasteiger partial charge in [0.2, 0.25) is 0 Å². The average molecular weight is 304 g/mol. The van der Waals surface area contributed by atoms with Gasteiger partial charge in [0.05, 0.1) is 6.04 Å². The quantitative estimate of drug-likeness (QED) is 0.857. The van der Waals surface area contributed by atoms with Crippen LogP contribution in [0.25, 0.3) is 0 Å². The lowest BCUT2D eigenvalue weighted by atomic mass is 10.1. The summed E-state index contributed by atoms with van der Waals surface area (Å²) in [6.07, 6.45) is 0. The largest absolute Gasteiger partial charge is 0.341 e. The van der Waals surface area contributed by atoms with E-state index in [2.05, 4.69) is 10.6 Å². The van der Waals surface area contributed by atoms with Gasteiger partial charge >= 0.3 is 11.8 Å². The minimum absolute atomic E-state index is 0.316. The molecule has 0 heterocycles. The van der Waals surface area contributed by atoms with Crippen LogP contribution in [0.15, 0.2) is 48.5 Å². The van der Waals surface area contributed by atoms with E-state index in [4.69, 9.17) is 0 Å². The van der Waals surface area contributed by atoms with E-state index >= 15 is 0 Å². The Morgan fingerprint density at radius 1 is 0.864 bits per heavy atom. The van der Waals surface area contributed by atoms with Crippen LogP contribution in [0.1, 0.15) is 18.5 Å². The third-order valence-corrected chi connectivity index (χ3v) is 3.03. The second-order valence-corrected chi connectivity index (χ2v) is 4.71. The zero-order chi connectivity index (χ0) is 16.1. The van der Waals surface area contributed by atoms with Gasteiger partial charge in [0.1, 0.15) is 11.6 Å². The molecule has 1 atom stereocenters. The summed E-state index contributed by atoms with van der Waals surface area (Å²) in [6.45, 7) is 1.68. The third kappa shape index (κ3) is 4.12. The molecule has 2 aromatic carbocycles. The fraction of sp³-hybridized carbons (Fsp3) is 0.125. The van der Waals surface area contributed by atoms with E-state index in [9.17, 15) is 18.4 Å². The molecule has 0 aliphatic heterocycles. The van der Waals surface area contributed by atoms with Gasteiger partial charge in [0, 0.05) is 5.69 Å². The van der Waals surface area contributed by atoms with E-state index in [0.29, 0.717) is 11.3 Å². The van der Waals surface area contributed by atoms with Crippen molar-refractivity contribution in [1.29, 1.82) is 0 Å². The minimum atomic E-state index is -0.861. The Morgan fingerprint density at radius 3 is 1.91 bits per heavy atom. The van der Waals surface area contributed by atoms with Crippen LogP contribution in [0.5, 0.6) is 0 Å². The molecule has 22 heavy (non-hydrogen) atoms. The lowest BCUT2D eigenvalue weighted by Crippen LogP contribution is -2.36. The number of benzene rings is 2. The number of hydrogen-bond acceptors (Lipinski definition) is 2. The van der Waals surface area contributed by atoms with E-state index in [1.165, 1.54) is 48.5 Å². The molecule has 0 bridgehead atoms. The molecule has 6 heteroatoms. The summed E-state index contributed by atoms with van der Waals surface area (Å²) >= 11 is 0. The van der Waals surface area contributed by atoms with Crippen molar-refractivity contribution in [2.24, 2.45) is 0 Å². The maximum atomic E-state index is 12.8. The highest BCUT2D eigenvalue weighted by Gasteiger charge is 2.17. The molecule has 0 spiro atoms. The lowest BCUT2D eigenvalue weighted by molar-refractivity contribution is -0.136. The summed E-state index contributed by atoms with van der Waals surface area (Å²) in [4.78, 5) is 23.5. The van der Waals surface area contributed by atoms with Gasteiger partial charge in [-0.2, -0.15) is 0 Å². The molecule has 4 nitrogen and oxygen atoms in total. The van der Waals surface area contributed by atoms with Crippen LogP contribution < -0.4 is 10.6 Å². The molecule has 0 saturated heterocycles. The number of carbonyl (C=O) groups excluding carboxylic acids is 2. The molecular formula is C16H14F2N2O2. The number of amides is 2. The summed E-state index contributed by atoms with van der Waals surface area (Å²) in [5.74, 6) is -2.51. The molecule has 2 rings (SSSR count). The normalized spacial score (nSPS) is 11.6. The van der Waals surface area contributed by atoms with Crippen LogP contribution in [0.3, 0.4) is 0 Å². The summed E-state index contributed by atoms with van der Waals surface area (Å²) in [5.41, 5.74) is 0.986. The molecule has 1 unspecified atom stereocenters. The highest BCUT2D eigenvalue weighted by molar-refractivity contribution is 6.39. The topological polar surface area (TPSA) is 58.2 Å². The van der Waals surface area contributed by atoms with Crippen LogP contribution in [-0.4, -0.2) is 11.8 Å². The Morgan fingerprint density at radius 2 is 1.36 bits per heavy atom. The highest BCUT2D eigenvalue weighted by atomic mass is 19.1. The van der Waals surface area contributed by atoms with Crippen molar-refractivity contribution in [2.45, 2.75) is 13.0 Å². The fourth-order valence-electron chi connectivity index (χ4n) is 1.82. The first-order valence-electron chi connectivity index (χ1n) is 6.58. The number of hydrogen-bond donors (Lipinski definition) is 2. The van der Waals surface area contributed by atoms with Gasteiger partial charge in [0.25, 0.3) is 0 Å². The minimum Gasteiger partial charge on any atom is -0.341 e. The Hall–Kier alpha value is -2.76. The number of anilines is 1. The van der Waals surface area contributed by atoms with E-state index < -0.39 is 23.7 Å². The predicted octanol–water partition coefficient (Wildman–Crippen LogP) is 2.78. The molecular weight excluding hydrogens is 290 g/mol. The van der Waals surface area contributed by atoms with Crippen LogP contribution >= 0.6 is 0 Å². The summed E-state index contributed by atoms with van der Waals surface area (Å²) in [7, 11) is 0. The monoisotopic (exact) mass is 304 g/mol. The molecule has 0 fully saturated rings. The van der Waals surface area contributed by atoms with Crippen molar-refractivity contribution in [3.63, 3.8) is 0 Å². The van der Waals surface area contributed by atoms with Crippen molar-refractivity contribution in [1.82, 2.24) is 5.32 Å². The van der Waals surface area contributed by atoms with Gasteiger partial charge in [-0.1, -0.05) is 12.1 Å². The standard InChI is InChI=1S/C16H14F2N2O2/c1-10(11-2-4-12(17)5-3-11)19-15(21)16(22)20-14-8-6-13(18)7-9-14/h2-10H,1H3,(H,19,21)(H,20,22). The first-order valence-corrected chi connectivity index (χ1v) is 6.58. The zero-order valence-corrected chi connectivity index (χ0v) is 11.8. The number of rotatable bonds is 3. The van der Waals surface area contributed by atoms with E-state index in [1.807, 2.05) is 0 Å². The average Bonchev–Trinajstić information content (AvgIpc) is 2.50. The molecule has 2 N–H and O–H groups in total. The molecule has 114 valence electrons. The van der Waals surface area contributed by atoms with E-state index in [0.717, 1.165) is 0 Å². The lowest BCUT2D eigenvalue weighted by Gasteiger charge is -2.14. The van der Waals surface area contributed by atoms with E-state index in [1.54, 1.807) is 6.92 Å². The van der Waals surface area contributed by atoms with Gasteiger partial charge < -0.3 is 10.6 Å². The maximum absolute atomic E-state index is 12.8. The highest BCUT2D eigenvalue weighted by Crippen LogP contribution is 2.13. The van der Waals surface area contributed by atoms with Crippen molar-refractivity contribution in [3.05, 3.63) is 65.7 Å². The van der Waals surface area contributed by atoms with Crippen molar-refractivity contribution in [3.8, 4) is 0 Å². The second kappa shape index (κ2) is 6.80. The molecule has 2 aromatic rings. The third-order valence-electron chi connectivity index (χ3n) is 3.03. The first-order chi connectivity index (χ1) is 10.5. The zero-order valence-electron chi connectivity index (χ0n) is 11.8. The second-order valence-electron chi connectivity index (χ2n) is 4.71. The van der Waals surface area contributed by atoms with E-state index in [-0.39, 0.29) is 5.82 Å². The Balaban J connectivity index is 1.94. The molecule has 0 saturated carbocycles. The molecule has 0 aromatic heterocycles. The predicted molar refractivity (Wildman–Crippen MR) is 78.0 cm³/mol. The maximum Gasteiger partial charge on any atom is 0.313 e. The summed E-state index contributed by atoms with van der Waals surface area (Å²) < 4.78 is 25.6. The number of nitrogens with one attached hydrogen (secondary N) is 2. The van der Waals surface area contributed by atoms with Crippen molar-refractivity contribution < 1.29 is 18.4 Å². The van der Waals surface area contributed by atoms with Gasteiger partial charge in [0.15, 0.2) is 0 Å². The Labute approximate surface area is 126 Å². The molecule has 0 aliphatic carbocycles. The SMILES string of the molecule is CC(NC(=O)C(=O)Nc1ccc(F)cc1)c1ccc(F)cc1. The van der Waals surface area contributed by atoms with Crippen LogP contribution in [-0.2, 0) is 9.59 Å². The molecule has 0 radical (unpaired) electrons. The number of halogens is 2. The van der Waals surface area contributed by atoms with Crippen molar-refractivity contribution in [2.75, 3.05) is 5.32 Å². The van der Waals surface area contributed by atoms with Gasteiger partial charge in [-0.25, -0.2) is 8.78 Å². The smallest absolute Gasteiger partial charge is 0.313 e. The van der Waals surface area contributed by atoms with Gasteiger partial charge in [-0.05, 0) is 48.9 Å². The van der Waals surface area contributed by atoms with Crippen LogP contribution in [0.2, 0.25) is 0 Å². The molecule has 0 aliphatic rings. The molecule has 2 amide bonds. The fourth-order valence-corrected chi connectivity index (χ4v) is 1.82. The summed E-state index contributed by atoms with van der Waals surface area (Å²) in [6, 6.07) is 10.2. The van der Waals surface area contributed by atoms with Gasteiger partial charge in [-0.15, -0.1) is 0 Å². The van der Waals surface area contributed by atoms with Gasteiger partial charge in [-0.3, -0.25) is 9.59 Å². The summed E-state index contributed by atoms with van der Waals surface area (Å²) in [5, 5.41) is 4.86. The van der Waals surface area contributed by atoms with Crippen LogP contribution in [0, 0.1) is 11.6 Å². The Kier molecular flexibility index (Phi) is 4.83. The van der Waals surface area contributed by atoms with Crippen molar-refractivity contribution >= 4 is 17.5 Å². The first kappa shape index (κ1) is 15.6. The van der Waals surface area contributed by atoms with Crippen LogP contribution in [0.4, 0.5) is 14.5 Å². The Bertz CT molecular complexity index is 670.